The van der Waals surface area contributed by atoms with E-state index in [9.17, 15) is 14.7 Å². The molecule has 3 rings (SSSR count). The molecule has 0 bridgehead atoms. The van der Waals surface area contributed by atoms with Crippen LogP contribution in [0.2, 0.25) is 0 Å². The van der Waals surface area contributed by atoms with E-state index in [1.807, 2.05) is 23.1 Å². The number of benzene rings is 1. The number of carboxylic acids is 1. The minimum atomic E-state index is -0.873. The Labute approximate surface area is 117 Å². The fraction of sp³-hybridized carbons (Fsp3) is 0.467. The van der Waals surface area contributed by atoms with Crippen LogP contribution in [0.3, 0.4) is 0 Å². The van der Waals surface area contributed by atoms with Crippen LogP contribution in [-0.2, 0) is 4.79 Å². The molecule has 1 saturated heterocycles. The second-order valence-corrected chi connectivity index (χ2v) is 5.68. The van der Waals surface area contributed by atoms with E-state index in [-0.39, 0.29) is 12.6 Å². The zero-order chi connectivity index (χ0) is 14.3. The van der Waals surface area contributed by atoms with E-state index in [1.54, 1.807) is 11.0 Å². The van der Waals surface area contributed by atoms with E-state index in [2.05, 4.69) is 6.92 Å². The fourth-order valence-electron chi connectivity index (χ4n) is 3.08. The molecule has 1 fully saturated rings. The SMILES string of the molecule is CC1CCN(C(=O)N2CC(C(=O)O)c3ccccc32)C1. The third kappa shape index (κ3) is 2.03. The number of fused-ring (bicyclic) bond motifs is 1. The minimum Gasteiger partial charge on any atom is -0.481 e. The summed E-state index contributed by atoms with van der Waals surface area (Å²) in [5, 5.41) is 9.32. The van der Waals surface area contributed by atoms with Crippen molar-refractivity contribution in [3.05, 3.63) is 29.8 Å². The van der Waals surface area contributed by atoms with E-state index in [0.29, 0.717) is 5.92 Å². The lowest BCUT2D eigenvalue weighted by atomic mass is 10.0. The maximum atomic E-state index is 12.6. The van der Waals surface area contributed by atoms with Crippen LogP contribution in [0.4, 0.5) is 10.5 Å². The van der Waals surface area contributed by atoms with Crippen molar-refractivity contribution in [3.8, 4) is 0 Å². The van der Waals surface area contributed by atoms with Crippen molar-refractivity contribution in [1.82, 2.24) is 4.90 Å². The van der Waals surface area contributed by atoms with Crippen LogP contribution < -0.4 is 4.90 Å². The summed E-state index contributed by atoms with van der Waals surface area (Å²) in [5.74, 6) is -0.968. The zero-order valence-electron chi connectivity index (χ0n) is 11.5. The smallest absolute Gasteiger partial charge is 0.324 e. The van der Waals surface area contributed by atoms with Crippen LogP contribution in [0, 0.1) is 5.92 Å². The average molecular weight is 274 g/mol. The molecule has 2 unspecified atom stereocenters. The first-order valence-corrected chi connectivity index (χ1v) is 6.96. The predicted molar refractivity (Wildman–Crippen MR) is 74.9 cm³/mol. The van der Waals surface area contributed by atoms with Gasteiger partial charge in [-0.1, -0.05) is 25.1 Å². The number of hydrogen-bond donors (Lipinski definition) is 1. The Kier molecular flexibility index (Phi) is 3.12. The van der Waals surface area contributed by atoms with Crippen LogP contribution in [-0.4, -0.2) is 41.6 Å². The predicted octanol–water partition coefficient (Wildman–Crippen LogP) is 2.14. The van der Waals surface area contributed by atoms with Gasteiger partial charge in [-0.15, -0.1) is 0 Å². The van der Waals surface area contributed by atoms with E-state index >= 15 is 0 Å². The fourth-order valence-corrected chi connectivity index (χ4v) is 3.08. The van der Waals surface area contributed by atoms with Crippen molar-refractivity contribution in [2.45, 2.75) is 19.3 Å². The van der Waals surface area contributed by atoms with Gasteiger partial charge in [-0.05, 0) is 24.0 Å². The van der Waals surface area contributed by atoms with E-state index in [1.165, 1.54) is 0 Å². The maximum Gasteiger partial charge on any atom is 0.324 e. The number of likely N-dealkylation sites (tertiary alicyclic amines) is 1. The average Bonchev–Trinajstić information content (AvgIpc) is 3.02. The van der Waals surface area contributed by atoms with Crippen molar-refractivity contribution >= 4 is 17.7 Å². The lowest BCUT2D eigenvalue weighted by Crippen LogP contribution is -2.42. The van der Waals surface area contributed by atoms with Crippen LogP contribution >= 0.6 is 0 Å². The number of rotatable bonds is 1. The number of carbonyl (C=O) groups excluding carboxylic acids is 1. The molecular formula is C15H18N2O3. The number of carbonyl (C=O) groups is 2. The Bertz CT molecular complexity index is 558. The van der Waals surface area contributed by atoms with E-state index < -0.39 is 11.9 Å². The minimum absolute atomic E-state index is 0.0643. The molecule has 106 valence electrons. The van der Waals surface area contributed by atoms with Gasteiger partial charge in [0.15, 0.2) is 0 Å². The summed E-state index contributed by atoms with van der Waals surface area (Å²) < 4.78 is 0. The molecule has 0 spiro atoms. The molecule has 2 aliphatic heterocycles. The summed E-state index contributed by atoms with van der Waals surface area (Å²) in [7, 11) is 0. The monoisotopic (exact) mass is 274 g/mol. The highest BCUT2D eigenvalue weighted by molar-refractivity contribution is 5.98. The van der Waals surface area contributed by atoms with Crippen LogP contribution in [0.5, 0.6) is 0 Å². The van der Waals surface area contributed by atoms with Gasteiger partial charge in [0.2, 0.25) is 0 Å². The highest BCUT2D eigenvalue weighted by atomic mass is 16.4. The van der Waals surface area contributed by atoms with Crippen molar-refractivity contribution in [1.29, 1.82) is 0 Å². The first-order chi connectivity index (χ1) is 9.58. The maximum absolute atomic E-state index is 12.6. The molecule has 0 saturated carbocycles. The standard InChI is InChI=1S/C15H18N2O3/c1-10-6-7-16(8-10)15(20)17-9-12(14(18)19)11-4-2-3-5-13(11)17/h2-5,10,12H,6-9H2,1H3,(H,18,19). The van der Waals surface area contributed by atoms with Crippen molar-refractivity contribution in [2.24, 2.45) is 5.92 Å². The number of amides is 2. The van der Waals surface area contributed by atoms with Crippen LogP contribution in [0.15, 0.2) is 24.3 Å². The highest BCUT2D eigenvalue weighted by Crippen LogP contribution is 2.37. The second kappa shape index (κ2) is 4.81. The Morgan fingerprint density at radius 2 is 2.00 bits per heavy atom. The molecule has 2 heterocycles. The largest absolute Gasteiger partial charge is 0.481 e. The molecule has 0 aromatic heterocycles. The lowest BCUT2D eigenvalue weighted by molar-refractivity contribution is -0.138. The van der Waals surface area contributed by atoms with E-state index in [4.69, 9.17) is 0 Å². The molecule has 5 nitrogen and oxygen atoms in total. The van der Waals surface area contributed by atoms with Crippen molar-refractivity contribution < 1.29 is 14.7 Å². The summed E-state index contributed by atoms with van der Waals surface area (Å²) in [4.78, 5) is 27.4. The Morgan fingerprint density at radius 1 is 1.25 bits per heavy atom. The molecule has 5 heteroatoms. The van der Waals surface area contributed by atoms with Gasteiger partial charge in [0.1, 0.15) is 5.92 Å². The molecule has 2 atom stereocenters. The summed E-state index contributed by atoms with van der Waals surface area (Å²) >= 11 is 0. The van der Waals surface area contributed by atoms with Gasteiger partial charge < -0.3 is 10.0 Å². The van der Waals surface area contributed by atoms with Gasteiger partial charge in [-0.3, -0.25) is 9.69 Å². The first kappa shape index (κ1) is 13.0. The molecule has 1 N–H and O–H groups in total. The molecule has 20 heavy (non-hydrogen) atoms. The number of hydrogen-bond acceptors (Lipinski definition) is 2. The Hall–Kier alpha value is -2.04. The third-order valence-electron chi connectivity index (χ3n) is 4.19. The number of urea groups is 1. The quantitative estimate of drug-likeness (QED) is 0.853. The van der Waals surface area contributed by atoms with Crippen LogP contribution in [0.1, 0.15) is 24.8 Å². The normalized spacial score (nSPS) is 24.9. The van der Waals surface area contributed by atoms with E-state index in [0.717, 1.165) is 30.8 Å². The molecular weight excluding hydrogens is 256 g/mol. The molecule has 0 radical (unpaired) electrons. The van der Waals surface area contributed by atoms with Gasteiger partial charge in [0.05, 0.1) is 0 Å². The lowest BCUT2D eigenvalue weighted by Gasteiger charge is -2.25. The third-order valence-corrected chi connectivity index (χ3v) is 4.19. The van der Waals surface area contributed by atoms with Gasteiger partial charge in [0.25, 0.3) is 0 Å². The zero-order valence-corrected chi connectivity index (χ0v) is 11.5. The molecule has 0 aliphatic carbocycles. The number of aliphatic carboxylic acids is 1. The first-order valence-electron chi connectivity index (χ1n) is 6.96. The van der Waals surface area contributed by atoms with Gasteiger partial charge in [-0.25, -0.2) is 4.79 Å². The molecule has 2 aliphatic rings. The second-order valence-electron chi connectivity index (χ2n) is 5.68. The number of para-hydroxylation sites is 1. The summed E-state index contributed by atoms with van der Waals surface area (Å²) in [6.07, 6.45) is 1.02. The van der Waals surface area contributed by atoms with Crippen LogP contribution in [0.25, 0.3) is 0 Å². The van der Waals surface area contributed by atoms with Crippen molar-refractivity contribution in [3.63, 3.8) is 0 Å². The topological polar surface area (TPSA) is 60.9 Å². The Morgan fingerprint density at radius 3 is 2.65 bits per heavy atom. The molecule has 2 amide bonds. The number of anilines is 1. The molecule has 1 aromatic carbocycles. The number of carboxylic acid groups (broad SMARTS) is 1. The van der Waals surface area contributed by atoms with Gasteiger partial charge >= 0.3 is 12.0 Å². The van der Waals surface area contributed by atoms with Gasteiger partial charge in [-0.2, -0.15) is 0 Å². The summed E-state index contributed by atoms with van der Waals surface area (Å²) in [5.41, 5.74) is 1.48. The summed E-state index contributed by atoms with van der Waals surface area (Å²) in [6, 6.07) is 7.23. The van der Waals surface area contributed by atoms with Gasteiger partial charge in [0, 0.05) is 25.3 Å². The molecule has 1 aromatic rings. The highest BCUT2D eigenvalue weighted by Gasteiger charge is 2.38. The Balaban J connectivity index is 1.88. The summed E-state index contributed by atoms with van der Waals surface area (Å²) in [6.45, 7) is 3.88. The number of nitrogens with zero attached hydrogens (tertiary/aromatic N) is 2. The van der Waals surface area contributed by atoms with Crippen molar-refractivity contribution in [2.75, 3.05) is 24.5 Å².